The second-order valence-electron chi connectivity index (χ2n) is 6.93. The molecule has 0 saturated carbocycles. The van der Waals surface area contributed by atoms with Crippen molar-refractivity contribution in [2.75, 3.05) is 32.1 Å². The highest BCUT2D eigenvalue weighted by atomic mass is 16.5. The number of amides is 2. The predicted molar refractivity (Wildman–Crippen MR) is 96.7 cm³/mol. The van der Waals surface area contributed by atoms with Gasteiger partial charge in [-0.1, -0.05) is 6.07 Å². The van der Waals surface area contributed by atoms with Crippen LogP contribution in [0.25, 0.3) is 0 Å². The number of methoxy groups -OCH3 is 1. The molecule has 2 atom stereocenters. The lowest BCUT2D eigenvalue weighted by Crippen LogP contribution is -2.48. The zero-order valence-electron chi connectivity index (χ0n) is 15.0. The Morgan fingerprint density at radius 3 is 2.84 bits per heavy atom. The number of hydrogen-bond acceptors (Lipinski definition) is 4. The summed E-state index contributed by atoms with van der Waals surface area (Å²) in [6.07, 6.45) is 3.50. The van der Waals surface area contributed by atoms with Gasteiger partial charge in [0, 0.05) is 13.1 Å². The molecule has 6 heteroatoms. The third-order valence-corrected chi connectivity index (χ3v) is 5.10. The molecule has 2 fully saturated rings. The first kappa shape index (κ1) is 17.7. The van der Waals surface area contributed by atoms with Gasteiger partial charge in [0.15, 0.2) is 0 Å². The van der Waals surface area contributed by atoms with E-state index < -0.39 is 0 Å². The van der Waals surface area contributed by atoms with Crippen molar-refractivity contribution in [2.24, 2.45) is 5.92 Å². The van der Waals surface area contributed by atoms with Gasteiger partial charge in [-0.25, -0.2) is 0 Å². The molecule has 2 aliphatic heterocycles. The molecule has 2 unspecified atom stereocenters. The SMILES string of the molecule is COc1ccc(C)cc1NC(=O)C1CCCN1C(=O)C1CCCNC1. The maximum Gasteiger partial charge on any atom is 0.247 e. The van der Waals surface area contributed by atoms with Crippen molar-refractivity contribution < 1.29 is 14.3 Å². The minimum Gasteiger partial charge on any atom is -0.495 e. The van der Waals surface area contributed by atoms with E-state index >= 15 is 0 Å². The van der Waals surface area contributed by atoms with Gasteiger partial charge in [-0.05, 0) is 56.8 Å². The third kappa shape index (κ3) is 3.95. The first-order chi connectivity index (χ1) is 12.1. The molecule has 136 valence electrons. The van der Waals surface area contributed by atoms with Gasteiger partial charge in [-0.3, -0.25) is 9.59 Å². The monoisotopic (exact) mass is 345 g/mol. The third-order valence-electron chi connectivity index (χ3n) is 5.10. The lowest BCUT2D eigenvalue weighted by atomic mass is 9.97. The van der Waals surface area contributed by atoms with E-state index in [1.54, 1.807) is 12.0 Å². The minimum atomic E-state index is -0.389. The smallest absolute Gasteiger partial charge is 0.247 e. The number of anilines is 1. The van der Waals surface area contributed by atoms with Gasteiger partial charge in [0.2, 0.25) is 11.8 Å². The predicted octanol–water partition coefficient (Wildman–Crippen LogP) is 1.93. The molecule has 1 aromatic rings. The fraction of sp³-hybridized carbons (Fsp3) is 0.579. The summed E-state index contributed by atoms with van der Waals surface area (Å²) in [4.78, 5) is 27.4. The maximum atomic E-state index is 12.8. The minimum absolute atomic E-state index is 0.00402. The second-order valence-corrected chi connectivity index (χ2v) is 6.93. The Morgan fingerprint density at radius 2 is 2.12 bits per heavy atom. The standard InChI is InChI=1S/C19H27N3O3/c1-13-7-8-17(25-2)15(11-13)21-18(23)16-6-4-10-22(16)19(24)14-5-3-9-20-12-14/h7-8,11,14,16,20H,3-6,9-10,12H2,1-2H3,(H,21,23). The van der Waals surface area contributed by atoms with Gasteiger partial charge < -0.3 is 20.3 Å². The molecule has 6 nitrogen and oxygen atoms in total. The quantitative estimate of drug-likeness (QED) is 0.875. The average Bonchev–Trinajstić information content (AvgIpc) is 3.12. The first-order valence-electron chi connectivity index (χ1n) is 9.07. The highest BCUT2D eigenvalue weighted by Crippen LogP contribution is 2.28. The topological polar surface area (TPSA) is 70.7 Å². The van der Waals surface area contributed by atoms with Crippen LogP contribution in [-0.2, 0) is 9.59 Å². The fourth-order valence-electron chi connectivity index (χ4n) is 3.74. The van der Waals surface area contributed by atoms with Crippen LogP contribution in [-0.4, -0.2) is 49.5 Å². The number of piperidine rings is 1. The van der Waals surface area contributed by atoms with E-state index in [4.69, 9.17) is 4.74 Å². The summed E-state index contributed by atoms with van der Waals surface area (Å²) in [5.74, 6) is 0.613. The molecule has 1 aromatic carbocycles. The van der Waals surface area contributed by atoms with Gasteiger partial charge >= 0.3 is 0 Å². The molecule has 2 heterocycles. The fourth-order valence-corrected chi connectivity index (χ4v) is 3.74. The molecule has 2 aliphatic rings. The van der Waals surface area contributed by atoms with Crippen molar-refractivity contribution in [3.8, 4) is 5.75 Å². The number of ether oxygens (including phenoxy) is 1. The van der Waals surface area contributed by atoms with E-state index in [0.29, 0.717) is 24.4 Å². The molecule has 3 rings (SSSR count). The molecule has 25 heavy (non-hydrogen) atoms. The van der Waals surface area contributed by atoms with Crippen LogP contribution < -0.4 is 15.4 Å². The van der Waals surface area contributed by atoms with Crippen molar-refractivity contribution >= 4 is 17.5 Å². The van der Waals surface area contributed by atoms with Crippen molar-refractivity contribution in [3.05, 3.63) is 23.8 Å². The molecule has 0 aliphatic carbocycles. The molecule has 2 amide bonds. The van der Waals surface area contributed by atoms with Gasteiger partial charge in [0.05, 0.1) is 18.7 Å². The Labute approximate surface area is 148 Å². The largest absolute Gasteiger partial charge is 0.495 e. The number of likely N-dealkylation sites (tertiary alicyclic amines) is 1. The van der Waals surface area contributed by atoms with E-state index in [0.717, 1.165) is 37.9 Å². The van der Waals surface area contributed by atoms with Crippen LogP contribution >= 0.6 is 0 Å². The Balaban J connectivity index is 1.70. The Hall–Kier alpha value is -2.08. The summed E-state index contributed by atoms with van der Waals surface area (Å²) < 4.78 is 5.33. The van der Waals surface area contributed by atoms with Crippen molar-refractivity contribution in [1.29, 1.82) is 0 Å². The van der Waals surface area contributed by atoms with Crippen molar-refractivity contribution in [1.82, 2.24) is 10.2 Å². The number of carbonyl (C=O) groups excluding carboxylic acids is 2. The van der Waals surface area contributed by atoms with E-state index in [1.807, 2.05) is 25.1 Å². The zero-order valence-corrected chi connectivity index (χ0v) is 15.0. The van der Waals surface area contributed by atoms with Crippen LogP contribution in [0, 0.1) is 12.8 Å². The molecule has 0 radical (unpaired) electrons. The van der Waals surface area contributed by atoms with E-state index in [9.17, 15) is 9.59 Å². The number of nitrogens with one attached hydrogen (secondary N) is 2. The number of rotatable bonds is 4. The molecule has 0 bridgehead atoms. The maximum absolute atomic E-state index is 12.8. The van der Waals surface area contributed by atoms with Crippen LogP contribution in [0.4, 0.5) is 5.69 Å². The first-order valence-corrected chi connectivity index (χ1v) is 9.07. The van der Waals surface area contributed by atoms with Gasteiger partial charge in [-0.15, -0.1) is 0 Å². The molecule has 0 spiro atoms. The molecular formula is C19H27N3O3. The lowest BCUT2D eigenvalue weighted by molar-refractivity contribution is -0.140. The Kier molecular flexibility index (Phi) is 5.58. The Morgan fingerprint density at radius 1 is 1.28 bits per heavy atom. The number of nitrogens with zero attached hydrogens (tertiary/aromatic N) is 1. The Bertz CT molecular complexity index is 641. The summed E-state index contributed by atoms with van der Waals surface area (Å²) in [6.45, 7) is 4.32. The summed E-state index contributed by atoms with van der Waals surface area (Å²) >= 11 is 0. The van der Waals surface area contributed by atoms with Crippen LogP contribution in [0.5, 0.6) is 5.75 Å². The lowest BCUT2D eigenvalue weighted by Gasteiger charge is -2.30. The van der Waals surface area contributed by atoms with E-state index in [-0.39, 0.29) is 23.8 Å². The summed E-state index contributed by atoms with van der Waals surface area (Å²) in [7, 11) is 1.59. The average molecular weight is 345 g/mol. The molecule has 0 aromatic heterocycles. The van der Waals surface area contributed by atoms with Gasteiger partial charge in [0.25, 0.3) is 0 Å². The summed E-state index contributed by atoms with van der Waals surface area (Å²) in [5.41, 5.74) is 1.70. The summed E-state index contributed by atoms with van der Waals surface area (Å²) in [5, 5.41) is 6.24. The van der Waals surface area contributed by atoms with Crippen molar-refractivity contribution in [3.63, 3.8) is 0 Å². The van der Waals surface area contributed by atoms with Gasteiger partial charge in [0.1, 0.15) is 11.8 Å². The molecule has 2 saturated heterocycles. The van der Waals surface area contributed by atoms with Crippen LogP contribution in [0.1, 0.15) is 31.2 Å². The number of aryl methyl sites for hydroxylation is 1. The normalized spacial score (nSPS) is 23.4. The highest BCUT2D eigenvalue weighted by Gasteiger charge is 2.37. The van der Waals surface area contributed by atoms with Gasteiger partial charge in [-0.2, -0.15) is 0 Å². The molecule has 2 N–H and O–H groups in total. The van der Waals surface area contributed by atoms with E-state index in [2.05, 4.69) is 10.6 Å². The molecular weight excluding hydrogens is 318 g/mol. The highest BCUT2D eigenvalue weighted by molar-refractivity contribution is 5.98. The van der Waals surface area contributed by atoms with E-state index in [1.165, 1.54) is 0 Å². The van der Waals surface area contributed by atoms with Crippen LogP contribution in [0.2, 0.25) is 0 Å². The zero-order chi connectivity index (χ0) is 17.8. The van der Waals surface area contributed by atoms with Crippen molar-refractivity contribution in [2.45, 2.75) is 38.6 Å². The second kappa shape index (κ2) is 7.87. The number of benzene rings is 1. The van der Waals surface area contributed by atoms with Crippen LogP contribution in [0.3, 0.4) is 0 Å². The summed E-state index contributed by atoms with van der Waals surface area (Å²) in [6, 6.07) is 5.29. The number of hydrogen-bond donors (Lipinski definition) is 2. The van der Waals surface area contributed by atoms with Crippen LogP contribution in [0.15, 0.2) is 18.2 Å². The number of carbonyl (C=O) groups is 2.